The van der Waals surface area contributed by atoms with Crippen LogP contribution in [0.1, 0.15) is 13.3 Å². The Morgan fingerprint density at radius 2 is 1.89 bits per heavy atom. The lowest BCUT2D eigenvalue weighted by Gasteiger charge is -2.37. The third-order valence-corrected chi connectivity index (χ3v) is 7.76. The van der Waals surface area contributed by atoms with Crippen molar-refractivity contribution in [1.82, 2.24) is 14.1 Å². The van der Waals surface area contributed by atoms with E-state index in [-0.39, 0.29) is 21.9 Å². The molecule has 156 valence electrons. The van der Waals surface area contributed by atoms with Gasteiger partial charge in [-0.25, -0.2) is 8.42 Å². The zero-order chi connectivity index (χ0) is 20.3. The largest absolute Gasteiger partial charge is 0.375 e. The first-order valence-electron chi connectivity index (χ1n) is 9.38. The van der Waals surface area contributed by atoms with Crippen molar-refractivity contribution in [2.45, 2.75) is 24.3 Å². The lowest BCUT2D eigenvalue weighted by Crippen LogP contribution is -2.53. The van der Waals surface area contributed by atoms with Gasteiger partial charge in [0.1, 0.15) is 4.90 Å². The summed E-state index contributed by atoms with van der Waals surface area (Å²) in [6.45, 7) is 5.73. The van der Waals surface area contributed by atoms with Gasteiger partial charge >= 0.3 is 0 Å². The number of ether oxygens (including phenoxy) is 1. The fourth-order valence-corrected chi connectivity index (χ4v) is 5.59. The zero-order valence-corrected chi connectivity index (χ0v) is 18.1. The van der Waals surface area contributed by atoms with Crippen molar-refractivity contribution >= 4 is 39.1 Å². The topological polar surface area (TPSA) is 70.2 Å². The van der Waals surface area contributed by atoms with E-state index in [1.807, 2.05) is 16.7 Å². The Balaban J connectivity index is 1.57. The molecule has 0 radical (unpaired) electrons. The summed E-state index contributed by atoms with van der Waals surface area (Å²) in [6.07, 6.45) is 0.981. The van der Waals surface area contributed by atoms with Crippen molar-refractivity contribution in [3.63, 3.8) is 0 Å². The zero-order valence-electron chi connectivity index (χ0n) is 15.8. The van der Waals surface area contributed by atoms with E-state index in [1.165, 1.54) is 16.4 Å². The molecule has 0 N–H and O–H groups in total. The van der Waals surface area contributed by atoms with Crippen LogP contribution in [-0.2, 0) is 19.6 Å². The number of carbonyl (C=O) groups is 1. The maximum absolute atomic E-state index is 12.9. The molecule has 1 amide bonds. The molecule has 0 bridgehead atoms. The molecule has 2 saturated heterocycles. The van der Waals surface area contributed by atoms with Crippen LogP contribution in [0.5, 0.6) is 0 Å². The van der Waals surface area contributed by atoms with Gasteiger partial charge in [-0.2, -0.15) is 4.31 Å². The van der Waals surface area contributed by atoms with Crippen molar-refractivity contribution in [1.29, 1.82) is 0 Å². The van der Waals surface area contributed by atoms with E-state index in [0.29, 0.717) is 57.4 Å². The van der Waals surface area contributed by atoms with E-state index in [2.05, 4.69) is 0 Å². The second-order valence-electron chi connectivity index (χ2n) is 7.00. The summed E-state index contributed by atoms with van der Waals surface area (Å²) in [5.74, 6) is 0.0657. The molecule has 0 saturated carbocycles. The number of carbonyl (C=O) groups excluding carboxylic acids is 1. The molecule has 2 fully saturated rings. The van der Waals surface area contributed by atoms with Crippen LogP contribution in [0.15, 0.2) is 23.1 Å². The normalized spacial score (nSPS) is 22.4. The highest BCUT2D eigenvalue weighted by Gasteiger charge is 2.32. The first-order chi connectivity index (χ1) is 13.3. The van der Waals surface area contributed by atoms with Gasteiger partial charge < -0.3 is 9.64 Å². The Morgan fingerprint density at radius 3 is 2.57 bits per heavy atom. The van der Waals surface area contributed by atoms with Gasteiger partial charge in [0.05, 0.1) is 24.3 Å². The van der Waals surface area contributed by atoms with Crippen LogP contribution < -0.4 is 0 Å². The smallest absolute Gasteiger partial charge is 0.244 e. The molecule has 0 spiro atoms. The molecule has 3 rings (SSSR count). The van der Waals surface area contributed by atoms with Gasteiger partial charge in [0, 0.05) is 44.3 Å². The molecule has 2 heterocycles. The first-order valence-corrected chi connectivity index (χ1v) is 11.6. The molecule has 0 aromatic heterocycles. The minimum absolute atomic E-state index is 0.0186. The number of sulfonamides is 1. The lowest BCUT2D eigenvalue weighted by atomic mass is 10.2. The number of rotatable bonds is 5. The molecular weight excluding hydrogens is 425 g/mol. The summed E-state index contributed by atoms with van der Waals surface area (Å²) in [4.78, 5) is 16.4. The molecule has 7 nitrogen and oxygen atoms in total. The molecule has 10 heteroatoms. The minimum Gasteiger partial charge on any atom is -0.375 e. The molecule has 1 atom stereocenters. The lowest BCUT2D eigenvalue weighted by molar-refractivity contribution is -0.140. The van der Waals surface area contributed by atoms with Gasteiger partial charge in [0.2, 0.25) is 15.9 Å². The van der Waals surface area contributed by atoms with Crippen LogP contribution in [0.2, 0.25) is 10.0 Å². The van der Waals surface area contributed by atoms with Crippen LogP contribution in [-0.4, -0.2) is 87.0 Å². The van der Waals surface area contributed by atoms with E-state index in [4.69, 9.17) is 27.9 Å². The predicted molar refractivity (Wildman–Crippen MR) is 108 cm³/mol. The van der Waals surface area contributed by atoms with Gasteiger partial charge in [-0.1, -0.05) is 30.1 Å². The summed E-state index contributed by atoms with van der Waals surface area (Å²) in [5, 5.41) is 0.475. The number of hydrogen-bond acceptors (Lipinski definition) is 5. The monoisotopic (exact) mass is 449 g/mol. The van der Waals surface area contributed by atoms with Crippen molar-refractivity contribution in [2.24, 2.45) is 0 Å². The number of morpholine rings is 1. The third kappa shape index (κ3) is 4.98. The summed E-state index contributed by atoms with van der Waals surface area (Å²) in [6, 6.07) is 4.41. The second-order valence-corrected chi connectivity index (χ2v) is 9.75. The number of nitrogens with zero attached hydrogens (tertiary/aromatic N) is 3. The number of hydrogen-bond donors (Lipinski definition) is 0. The fraction of sp³-hybridized carbons (Fsp3) is 0.611. The van der Waals surface area contributed by atoms with Gasteiger partial charge in [-0.15, -0.1) is 0 Å². The van der Waals surface area contributed by atoms with Gasteiger partial charge in [-0.3, -0.25) is 9.69 Å². The Kier molecular flexibility index (Phi) is 7.22. The van der Waals surface area contributed by atoms with E-state index >= 15 is 0 Å². The number of halogens is 2. The van der Waals surface area contributed by atoms with Crippen molar-refractivity contribution in [3.8, 4) is 0 Å². The Hall–Kier alpha value is -0.900. The maximum Gasteiger partial charge on any atom is 0.244 e. The predicted octanol–water partition coefficient (Wildman–Crippen LogP) is 1.94. The van der Waals surface area contributed by atoms with Crippen LogP contribution in [0.3, 0.4) is 0 Å². The minimum atomic E-state index is -3.72. The SMILES string of the molecule is CCC1CN(C(=O)CN2CCN(S(=O)(=O)c3cc(Cl)ccc3Cl)CC2)CCO1. The standard InChI is InChI=1S/C18H25Cl2N3O4S/c1-2-15-12-22(9-10-27-15)18(24)13-21-5-7-23(8-6-21)28(25,26)17-11-14(19)3-4-16(17)20/h3-4,11,15H,2,5-10,12-13H2,1H3. The summed E-state index contributed by atoms with van der Waals surface area (Å²) >= 11 is 12.0. The van der Waals surface area contributed by atoms with E-state index < -0.39 is 10.0 Å². The van der Waals surface area contributed by atoms with Crippen LogP contribution >= 0.6 is 23.2 Å². The van der Waals surface area contributed by atoms with Gasteiger partial charge in [0.15, 0.2) is 0 Å². The van der Waals surface area contributed by atoms with Crippen LogP contribution in [0.4, 0.5) is 0 Å². The highest BCUT2D eigenvalue weighted by atomic mass is 35.5. The van der Waals surface area contributed by atoms with Gasteiger partial charge in [-0.05, 0) is 24.6 Å². The van der Waals surface area contributed by atoms with E-state index in [0.717, 1.165) is 6.42 Å². The Bertz CT molecular complexity index is 813. The van der Waals surface area contributed by atoms with Crippen LogP contribution in [0.25, 0.3) is 0 Å². The Labute approximate surface area is 176 Å². The highest BCUT2D eigenvalue weighted by molar-refractivity contribution is 7.89. The first kappa shape index (κ1) is 21.8. The van der Waals surface area contributed by atoms with E-state index in [9.17, 15) is 13.2 Å². The molecule has 28 heavy (non-hydrogen) atoms. The fourth-order valence-electron chi connectivity index (χ4n) is 3.43. The summed E-state index contributed by atoms with van der Waals surface area (Å²) < 4.78 is 32.8. The number of amides is 1. The molecule has 2 aliphatic rings. The third-order valence-electron chi connectivity index (χ3n) is 5.15. The molecule has 0 aliphatic carbocycles. The molecule has 1 unspecified atom stereocenters. The van der Waals surface area contributed by atoms with E-state index in [1.54, 1.807) is 6.07 Å². The highest BCUT2D eigenvalue weighted by Crippen LogP contribution is 2.28. The van der Waals surface area contributed by atoms with Gasteiger partial charge in [0.25, 0.3) is 0 Å². The summed E-state index contributed by atoms with van der Waals surface area (Å²) in [5.41, 5.74) is 0. The molecule has 1 aromatic carbocycles. The summed E-state index contributed by atoms with van der Waals surface area (Å²) in [7, 11) is -3.72. The molecular formula is C18H25Cl2N3O4S. The van der Waals surface area contributed by atoms with Crippen LogP contribution in [0, 0.1) is 0 Å². The maximum atomic E-state index is 12.9. The number of benzene rings is 1. The van der Waals surface area contributed by atoms with Crippen molar-refractivity contribution in [2.75, 3.05) is 52.4 Å². The quantitative estimate of drug-likeness (QED) is 0.686. The molecule has 2 aliphatic heterocycles. The number of piperazine rings is 1. The molecule has 1 aromatic rings. The Morgan fingerprint density at radius 1 is 1.18 bits per heavy atom. The second kappa shape index (κ2) is 9.28. The average molecular weight is 450 g/mol. The van der Waals surface area contributed by atoms with Crippen molar-refractivity contribution in [3.05, 3.63) is 28.2 Å². The van der Waals surface area contributed by atoms with Crippen molar-refractivity contribution < 1.29 is 17.9 Å². The average Bonchev–Trinajstić information content (AvgIpc) is 2.70.